The third-order valence-electron chi connectivity index (χ3n) is 3.78. The summed E-state index contributed by atoms with van der Waals surface area (Å²) in [6.45, 7) is 5.33. The molecule has 0 heterocycles. The zero-order valence-corrected chi connectivity index (χ0v) is 10.0. The lowest BCUT2D eigenvalue weighted by molar-refractivity contribution is 0.146. The van der Waals surface area contributed by atoms with Gasteiger partial charge in [-0.2, -0.15) is 0 Å². The summed E-state index contributed by atoms with van der Waals surface area (Å²) >= 11 is 0. The largest absolute Gasteiger partial charge is 0.352 e. The van der Waals surface area contributed by atoms with Crippen molar-refractivity contribution in [2.24, 2.45) is 17.1 Å². The molecule has 0 aromatic rings. The van der Waals surface area contributed by atoms with Gasteiger partial charge in [0.25, 0.3) is 0 Å². The Hall–Kier alpha value is -0.730. The van der Waals surface area contributed by atoms with Gasteiger partial charge in [-0.05, 0) is 30.6 Å². The Morgan fingerprint density at radius 3 is 2.47 bits per heavy atom. The molecule has 0 bridgehead atoms. The number of nitrogens with one attached hydrogen (secondary N) is 1. The van der Waals surface area contributed by atoms with Crippen LogP contribution in [0.25, 0.3) is 0 Å². The maximum atomic E-state index is 10.6. The number of nitrogens with two attached hydrogens (primary N) is 1. The molecular formula is C12H24N2O. The van der Waals surface area contributed by atoms with E-state index in [1.165, 1.54) is 32.1 Å². The number of hydrogen-bond donors (Lipinski definition) is 2. The van der Waals surface area contributed by atoms with Gasteiger partial charge in [0, 0.05) is 6.54 Å². The maximum absolute atomic E-state index is 10.6. The lowest BCUT2D eigenvalue weighted by Crippen LogP contribution is -2.35. The molecule has 88 valence electrons. The van der Waals surface area contributed by atoms with E-state index >= 15 is 0 Å². The smallest absolute Gasteiger partial charge is 0.312 e. The van der Waals surface area contributed by atoms with Gasteiger partial charge in [0.2, 0.25) is 0 Å². The van der Waals surface area contributed by atoms with Crippen LogP contribution in [-0.4, -0.2) is 12.6 Å². The van der Waals surface area contributed by atoms with Crippen LogP contribution in [0.1, 0.15) is 52.4 Å². The summed E-state index contributed by atoms with van der Waals surface area (Å²) in [5.74, 6) is 0.820. The van der Waals surface area contributed by atoms with Crippen LogP contribution in [0.4, 0.5) is 4.79 Å². The molecule has 0 radical (unpaired) electrons. The normalized spacial score (nSPS) is 18.8. The van der Waals surface area contributed by atoms with Gasteiger partial charge in [-0.15, -0.1) is 0 Å². The monoisotopic (exact) mass is 212 g/mol. The first-order chi connectivity index (χ1) is 7.02. The van der Waals surface area contributed by atoms with Crippen molar-refractivity contribution in [2.45, 2.75) is 52.4 Å². The van der Waals surface area contributed by atoms with Gasteiger partial charge in [0.05, 0.1) is 0 Å². The zero-order chi connectivity index (χ0) is 11.3. The molecule has 2 amide bonds. The van der Waals surface area contributed by atoms with E-state index in [4.69, 9.17) is 5.73 Å². The molecule has 1 saturated carbocycles. The molecule has 0 saturated heterocycles. The van der Waals surface area contributed by atoms with E-state index in [0.717, 1.165) is 12.3 Å². The lowest BCUT2D eigenvalue weighted by Gasteiger charge is -2.37. The minimum Gasteiger partial charge on any atom is -0.352 e. The average Bonchev–Trinajstić information content (AvgIpc) is 2.18. The number of primary amides is 1. The Morgan fingerprint density at radius 2 is 1.93 bits per heavy atom. The van der Waals surface area contributed by atoms with Crippen molar-refractivity contribution in [1.82, 2.24) is 5.32 Å². The van der Waals surface area contributed by atoms with E-state index < -0.39 is 6.03 Å². The van der Waals surface area contributed by atoms with Gasteiger partial charge in [-0.25, -0.2) is 4.79 Å². The molecule has 1 aliphatic carbocycles. The second-order valence-electron chi connectivity index (χ2n) is 5.36. The van der Waals surface area contributed by atoms with Gasteiger partial charge in [0.1, 0.15) is 0 Å². The van der Waals surface area contributed by atoms with Crippen LogP contribution in [0.15, 0.2) is 0 Å². The van der Waals surface area contributed by atoms with E-state index in [-0.39, 0.29) is 0 Å². The van der Waals surface area contributed by atoms with Crippen molar-refractivity contribution >= 4 is 6.03 Å². The second-order valence-corrected chi connectivity index (χ2v) is 5.36. The second kappa shape index (κ2) is 5.38. The van der Waals surface area contributed by atoms with E-state index in [1.54, 1.807) is 0 Å². The fraction of sp³-hybridized carbons (Fsp3) is 0.917. The molecule has 0 aromatic heterocycles. The van der Waals surface area contributed by atoms with Crippen LogP contribution in [0.2, 0.25) is 0 Å². The average molecular weight is 212 g/mol. The fourth-order valence-electron chi connectivity index (χ4n) is 2.60. The number of urea groups is 1. The highest BCUT2D eigenvalue weighted by molar-refractivity contribution is 5.71. The quantitative estimate of drug-likeness (QED) is 0.739. The molecule has 0 aromatic carbocycles. The van der Waals surface area contributed by atoms with E-state index in [9.17, 15) is 4.79 Å². The molecular weight excluding hydrogens is 188 g/mol. The van der Waals surface area contributed by atoms with Gasteiger partial charge in [-0.3, -0.25) is 0 Å². The third-order valence-corrected chi connectivity index (χ3v) is 3.78. The van der Waals surface area contributed by atoms with Gasteiger partial charge < -0.3 is 11.1 Å². The van der Waals surface area contributed by atoms with Crippen LogP contribution in [-0.2, 0) is 0 Å². The van der Waals surface area contributed by atoms with Gasteiger partial charge >= 0.3 is 6.03 Å². The van der Waals surface area contributed by atoms with Crippen LogP contribution in [0.3, 0.4) is 0 Å². The number of amides is 2. The molecule has 1 rings (SSSR count). The third kappa shape index (κ3) is 4.10. The summed E-state index contributed by atoms with van der Waals surface area (Å²) in [6.07, 6.45) is 7.87. The molecule has 0 aliphatic heterocycles. The molecule has 15 heavy (non-hydrogen) atoms. The minimum absolute atomic E-state index is 0.336. The van der Waals surface area contributed by atoms with Crippen molar-refractivity contribution in [3.63, 3.8) is 0 Å². The predicted molar refractivity (Wildman–Crippen MR) is 62.6 cm³/mol. The van der Waals surface area contributed by atoms with E-state index in [0.29, 0.717) is 12.0 Å². The number of carbonyl (C=O) groups is 1. The summed E-state index contributed by atoms with van der Waals surface area (Å²) < 4.78 is 0. The Labute approximate surface area is 92.8 Å². The molecule has 1 fully saturated rings. The number of rotatable bonds is 4. The van der Waals surface area contributed by atoms with Crippen LogP contribution < -0.4 is 11.1 Å². The van der Waals surface area contributed by atoms with E-state index in [2.05, 4.69) is 19.2 Å². The summed E-state index contributed by atoms with van der Waals surface area (Å²) in [7, 11) is 0. The molecule has 3 heteroatoms. The Morgan fingerprint density at radius 1 is 1.33 bits per heavy atom. The molecule has 0 unspecified atom stereocenters. The van der Waals surface area contributed by atoms with Gasteiger partial charge in [0.15, 0.2) is 0 Å². The first kappa shape index (κ1) is 12.3. The lowest BCUT2D eigenvalue weighted by atomic mass is 9.69. The van der Waals surface area contributed by atoms with Crippen LogP contribution in [0, 0.1) is 11.3 Å². The highest BCUT2D eigenvalue weighted by Crippen LogP contribution is 2.40. The predicted octanol–water partition coefficient (Wildman–Crippen LogP) is 2.65. The minimum atomic E-state index is -0.408. The van der Waals surface area contributed by atoms with Crippen molar-refractivity contribution in [2.75, 3.05) is 6.54 Å². The summed E-state index contributed by atoms with van der Waals surface area (Å²) in [5.41, 5.74) is 5.39. The fourth-order valence-corrected chi connectivity index (χ4v) is 2.60. The first-order valence-corrected chi connectivity index (χ1v) is 6.06. The van der Waals surface area contributed by atoms with Crippen molar-refractivity contribution in [1.29, 1.82) is 0 Å². The molecule has 0 atom stereocenters. The standard InChI is InChI=1S/C12H24N2O/c1-12(2,8-9-14-11(13)15)10-6-4-3-5-7-10/h10H,3-9H2,1-2H3,(H3,13,14,15). The molecule has 0 spiro atoms. The highest BCUT2D eigenvalue weighted by atomic mass is 16.2. The molecule has 3 N–H and O–H groups in total. The number of carbonyl (C=O) groups excluding carboxylic acids is 1. The summed E-state index contributed by atoms with van der Waals surface area (Å²) in [6, 6.07) is -0.408. The van der Waals surface area contributed by atoms with Crippen molar-refractivity contribution in [3.8, 4) is 0 Å². The molecule has 1 aliphatic rings. The number of hydrogen-bond acceptors (Lipinski definition) is 1. The van der Waals surface area contributed by atoms with Crippen molar-refractivity contribution in [3.05, 3.63) is 0 Å². The SMILES string of the molecule is CC(C)(CCNC(N)=O)C1CCCCC1. The topological polar surface area (TPSA) is 55.1 Å². The summed E-state index contributed by atoms with van der Waals surface area (Å²) in [4.78, 5) is 10.6. The Bertz CT molecular complexity index is 208. The van der Waals surface area contributed by atoms with Crippen LogP contribution in [0.5, 0.6) is 0 Å². The first-order valence-electron chi connectivity index (χ1n) is 6.06. The summed E-state index contributed by atoms with van der Waals surface area (Å²) in [5, 5.41) is 2.68. The Kier molecular flexibility index (Phi) is 4.43. The molecule has 3 nitrogen and oxygen atoms in total. The Balaban J connectivity index is 2.32. The van der Waals surface area contributed by atoms with Crippen LogP contribution >= 0.6 is 0 Å². The van der Waals surface area contributed by atoms with E-state index in [1.807, 2.05) is 0 Å². The maximum Gasteiger partial charge on any atom is 0.312 e. The van der Waals surface area contributed by atoms with Gasteiger partial charge in [-0.1, -0.05) is 33.1 Å². The highest BCUT2D eigenvalue weighted by Gasteiger charge is 2.29. The zero-order valence-electron chi connectivity index (χ0n) is 10.0. The van der Waals surface area contributed by atoms with Crippen molar-refractivity contribution < 1.29 is 4.79 Å².